The molecule has 0 spiro atoms. The molecule has 0 aliphatic carbocycles. The van der Waals surface area contributed by atoms with Crippen LogP contribution in [-0.4, -0.2) is 19.3 Å². The minimum atomic E-state index is 0.0627. The Hall–Kier alpha value is -1.10. The number of benzene rings is 1. The van der Waals surface area contributed by atoms with E-state index in [1.54, 1.807) is 0 Å². The Balaban J connectivity index is 2.65. The van der Waals surface area contributed by atoms with E-state index in [0.29, 0.717) is 6.67 Å². The topological polar surface area (TPSA) is 59.3 Å². The first-order valence-electron chi connectivity index (χ1n) is 6.37. The SMILES string of the molecule is CC(C)Oc1ccc(C(C)(C)CNCNN)cc1. The summed E-state index contributed by atoms with van der Waals surface area (Å²) in [6, 6.07) is 8.29. The van der Waals surface area contributed by atoms with E-state index in [-0.39, 0.29) is 11.5 Å². The Labute approximate surface area is 110 Å². The van der Waals surface area contributed by atoms with Crippen molar-refractivity contribution >= 4 is 0 Å². The first kappa shape index (κ1) is 15.0. The third kappa shape index (κ3) is 4.64. The molecule has 102 valence electrons. The molecule has 0 radical (unpaired) electrons. The first-order valence-corrected chi connectivity index (χ1v) is 6.37. The molecule has 1 rings (SSSR count). The molecular formula is C14H25N3O. The molecule has 0 aliphatic rings. The van der Waals surface area contributed by atoms with Gasteiger partial charge >= 0.3 is 0 Å². The molecule has 0 amide bonds. The van der Waals surface area contributed by atoms with Gasteiger partial charge in [0.05, 0.1) is 12.8 Å². The maximum atomic E-state index is 5.64. The largest absolute Gasteiger partial charge is 0.491 e. The maximum absolute atomic E-state index is 5.64. The number of hydrogen-bond acceptors (Lipinski definition) is 4. The molecule has 1 aromatic rings. The molecular weight excluding hydrogens is 226 g/mol. The number of nitrogens with one attached hydrogen (secondary N) is 2. The fourth-order valence-electron chi connectivity index (χ4n) is 1.81. The van der Waals surface area contributed by atoms with Gasteiger partial charge in [0.1, 0.15) is 5.75 Å². The van der Waals surface area contributed by atoms with E-state index in [2.05, 4.69) is 36.7 Å². The molecule has 0 fully saturated rings. The molecule has 0 bridgehead atoms. The lowest BCUT2D eigenvalue weighted by Gasteiger charge is -2.26. The molecule has 4 nitrogen and oxygen atoms in total. The second kappa shape index (κ2) is 6.73. The smallest absolute Gasteiger partial charge is 0.119 e. The quantitative estimate of drug-likeness (QED) is 0.299. The van der Waals surface area contributed by atoms with Crippen molar-refractivity contribution in [3.63, 3.8) is 0 Å². The summed E-state index contributed by atoms with van der Waals surface area (Å²) < 4.78 is 5.64. The van der Waals surface area contributed by atoms with Gasteiger partial charge in [0.25, 0.3) is 0 Å². The van der Waals surface area contributed by atoms with Gasteiger partial charge in [0.15, 0.2) is 0 Å². The van der Waals surface area contributed by atoms with Crippen molar-refractivity contribution in [3.8, 4) is 5.75 Å². The van der Waals surface area contributed by atoms with E-state index < -0.39 is 0 Å². The Morgan fingerprint density at radius 3 is 2.33 bits per heavy atom. The summed E-state index contributed by atoms with van der Waals surface area (Å²) in [6.07, 6.45) is 0.209. The van der Waals surface area contributed by atoms with Crippen LogP contribution in [0.15, 0.2) is 24.3 Å². The molecule has 0 aliphatic heterocycles. The van der Waals surface area contributed by atoms with Crippen LogP contribution in [0.2, 0.25) is 0 Å². The highest BCUT2D eigenvalue weighted by Crippen LogP contribution is 2.24. The number of hydrogen-bond donors (Lipinski definition) is 3. The van der Waals surface area contributed by atoms with E-state index in [0.717, 1.165) is 12.3 Å². The van der Waals surface area contributed by atoms with Crippen LogP contribution >= 0.6 is 0 Å². The van der Waals surface area contributed by atoms with Crippen LogP contribution in [0, 0.1) is 0 Å². The predicted molar refractivity (Wildman–Crippen MR) is 75.4 cm³/mol. The van der Waals surface area contributed by atoms with E-state index in [1.165, 1.54) is 5.56 Å². The van der Waals surface area contributed by atoms with Crippen molar-refractivity contribution in [2.24, 2.45) is 5.84 Å². The summed E-state index contributed by atoms with van der Waals surface area (Å²) in [5.41, 5.74) is 3.93. The van der Waals surface area contributed by atoms with E-state index in [1.807, 2.05) is 26.0 Å². The minimum Gasteiger partial charge on any atom is -0.491 e. The molecule has 4 heteroatoms. The van der Waals surface area contributed by atoms with Crippen LogP contribution in [0.1, 0.15) is 33.3 Å². The standard InChI is InChI=1S/C14H25N3O/c1-11(2)18-13-7-5-12(6-8-13)14(3,4)9-16-10-17-15/h5-8,11,16-17H,9-10,15H2,1-4H3. The molecule has 4 N–H and O–H groups in total. The Bertz CT molecular complexity index is 347. The fourth-order valence-corrected chi connectivity index (χ4v) is 1.81. The second-order valence-electron chi connectivity index (χ2n) is 5.38. The summed E-state index contributed by atoms with van der Waals surface area (Å²) in [5.74, 6) is 6.15. The van der Waals surface area contributed by atoms with Crippen molar-refractivity contribution in [1.29, 1.82) is 0 Å². The summed E-state index contributed by atoms with van der Waals surface area (Å²) >= 11 is 0. The van der Waals surface area contributed by atoms with Crippen LogP contribution in [0.3, 0.4) is 0 Å². The Kier molecular flexibility index (Phi) is 5.59. The molecule has 0 saturated carbocycles. The average Bonchev–Trinajstić information content (AvgIpc) is 2.29. The number of rotatable bonds is 7. The van der Waals surface area contributed by atoms with Crippen LogP contribution in [-0.2, 0) is 5.41 Å². The van der Waals surface area contributed by atoms with E-state index >= 15 is 0 Å². The number of nitrogens with two attached hydrogens (primary N) is 1. The maximum Gasteiger partial charge on any atom is 0.119 e. The van der Waals surface area contributed by atoms with Gasteiger partial charge in [-0.25, -0.2) is 5.43 Å². The summed E-state index contributed by atoms with van der Waals surface area (Å²) in [6.45, 7) is 9.94. The monoisotopic (exact) mass is 251 g/mol. The highest BCUT2D eigenvalue weighted by Gasteiger charge is 2.19. The fraction of sp³-hybridized carbons (Fsp3) is 0.571. The van der Waals surface area contributed by atoms with Gasteiger partial charge < -0.3 is 10.1 Å². The van der Waals surface area contributed by atoms with Crippen molar-refractivity contribution in [2.45, 2.75) is 39.2 Å². The Morgan fingerprint density at radius 2 is 1.83 bits per heavy atom. The summed E-state index contributed by atoms with van der Waals surface area (Å²) in [5, 5.41) is 3.25. The highest BCUT2D eigenvalue weighted by molar-refractivity contribution is 5.32. The van der Waals surface area contributed by atoms with Gasteiger partial charge in [0.2, 0.25) is 0 Å². The van der Waals surface area contributed by atoms with Gasteiger partial charge in [0, 0.05) is 12.0 Å². The van der Waals surface area contributed by atoms with Gasteiger partial charge in [-0.1, -0.05) is 26.0 Å². The normalized spacial score (nSPS) is 11.9. The third-order valence-corrected chi connectivity index (χ3v) is 2.80. The molecule has 0 atom stereocenters. The number of ether oxygens (including phenoxy) is 1. The predicted octanol–water partition coefficient (Wildman–Crippen LogP) is 1.76. The zero-order valence-corrected chi connectivity index (χ0v) is 11.8. The van der Waals surface area contributed by atoms with Gasteiger partial charge in [-0.15, -0.1) is 0 Å². The van der Waals surface area contributed by atoms with Gasteiger partial charge in [-0.3, -0.25) is 5.84 Å². The van der Waals surface area contributed by atoms with Crippen molar-refractivity contribution in [1.82, 2.24) is 10.7 Å². The molecule has 0 saturated heterocycles. The second-order valence-corrected chi connectivity index (χ2v) is 5.38. The van der Waals surface area contributed by atoms with Gasteiger partial charge in [-0.05, 0) is 31.5 Å². The van der Waals surface area contributed by atoms with Crippen molar-refractivity contribution < 1.29 is 4.74 Å². The van der Waals surface area contributed by atoms with Crippen molar-refractivity contribution in [3.05, 3.63) is 29.8 Å². The molecule has 1 aromatic carbocycles. The molecule has 18 heavy (non-hydrogen) atoms. The highest BCUT2D eigenvalue weighted by atomic mass is 16.5. The van der Waals surface area contributed by atoms with Crippen LogP contribution in [0.5, 0.6) is 5.75 Å². The lowest BCUT2D eigenvalue weighted by atomic mass is 9.84. The zero-order valence-electron chi connectivity index (χ0n) is 11.8. The van der Waals surface area contributed by atoms with Gasteiger partial charge in [-0.2, -0.15) is 0 Å². The van der Waals surface area contributed by atoms with E-state index in [9.17, 15) is 0 Å². The van der Waals surface area contributed by atoms with Crippen LogP contribution < -0.4 is 21.3 Å². The van der Waals surface area contributed by atoms with E-state index in [4.69, 9.17) is 10.6 Å². The zero-order chi connectivity index (χ0) is 13.6. The molecule has 0 aromatic heterocycles. The summed E-state index contributed by atoms with van der Waals surface area (Å²) in [4.78, 5) is 0. The lowest BCUT2D eigenvalue weighted by Crippen LogP contribution is -2.40. The number of hydrazine groups is 1. The average molecular weight is 251 g/mol. The lowest BCUT2D eigenvalue weighted by molar-refractivity contribution is 0.242. The molecule has 0 unspecified atom stereocenters. The first-order chi connectivity index (χ1) is 8.45. The van der Waals surface area contributed by atoms with Crippen LogP contribution in [0.4, 0.5) is 0 Å². The molecule has 0 heterocycles. The Morgan fingerprint density at radius 1 is 1.22 bits per heavy atom. The minimum absolute atomic E-state index is 0.0627. The summed E-state index contributed by atoms with van der Waals surface area (Å²) in [7, 11) is 0. The van der Waals surface area contributed by atoms with Crippen LogP contribution in [0.25, 0.3) is 0 Å². The van der Waals surface area contributed by atoms with Crippen molar-refractivity contribution in [2.75, 3.05) is 13.2 Å². The third-order valence-electron chi connectivity index (χ3n) is 2.80.